The monoisotopic (exact) mass is 287 g/mol. The topological polar surface area (TPSA) is 52.4 Å². The minimum absolute atomic E-state index is 0.0123. The van der Waals surface area contributed by atoms with Crippen molar-refractivity contribution in [3.63, 3.8) is 0 Å². The third kappa shape index (κ3) is 2.59. The number of hydrogen-bond donors (Lipinski definition) is 0. The molecule has 21 heavy (non-hydrogen) atoms. The number of rotatable bonds is 3. The Balaban J connectivity index is 1.96. The van der Waals surface area contributed by atoms with Gasteiger partial charge in [0.2, 0.25) is 11.6 Å². The molecule has 0 amide bonds. The van der Waals surface area contributed by atoms with Crippen LogP contribution >= 0.6 is 0 Å². The second kappa shape index (κ2) is 5.52. The summed E-state index contributed by atoms with van der Waals surface area (Å²) < 4.78 is 19.4. The van der Waals surface area contributed by atoms with E-state index < -0.39 is 16.4 Å². The van der Waals surface area contributed by atoms with Gasteiger partial charge >= 0.3 is 5.69 Å². The molecule has 1 aliphatic carbocycles. The van der Waals surface area contributed by atoms with Crippen molar-refractivity contribution in [3.8, 4) is 5.75 Å². The van der Waals surface area contributed by atoms with Crippen molar-refractivity contribution in [2.24, 2.45) is 0 Å². The number of nitro benzene ring substituents is 1. The summed E-state index contributed by atoms with van der Waals surface area (Å²) in [5.41, 5.74) is 1.62. The van der Waals surface area contributed by atoms with E-state index in [1.165, 1.54) is 17.7 Å². The van der Waals surface area contributed by atoms with Gasteiger partial charge in [-0.2, -0.15) is 4.39 Å². The molecule has 1 aliphatic rings. The van der Waals surface area contributed by atoms with Crippen LogP contribution < -0.4 is 4.74 Å². The molecule has 0 aromatic heterocycles. The number of ether oxygens (including phenoxy) is 1. The van der Waals surface area contributed by atoms with Crippen LogP contribution in [-0.4, -0.2) is 4.92 Å². The molecule has 3 rings (SSSR count). The summed E-state index contributed by atoms with van der Waals surface area (Å²) in [5, 5.41) is 11.0. The molecule has 0 bridgehead atoms. The summed E-state index contributed by atoms with van der Waals surface area (Å²) in [6, 6.07) is 11.8. The number of nitrogens with zero attached hydrogens (tertiary/aromatic N) is 1. The highest BCUT2D eigenvalue weighted by Gasteiger charge is 2.27. The van der Waals surface area contributed by atoms with E-state index >= 15 is 0 Å². The highest BCUT2D eigenvalue weighted by Crippen LogP contribution is 2.37. The molecule has 0 fully saturated rings. The smallest absolute Gasteiger partial charge is 0.346 e. The molecule has 0 aliphatic heterocycles. The number of aryl methyl sites for hydroxylation is 1. The van der Waals surface area contributed by atoms with Crippen molar-refractivity contribution in [2.75, 3.05) is 0 Å². The van der Waals surface area contributed by atoms with Gasteiger partial charge < -0.3 is 4.74 Å². The first-order valence-corrected chi connectivity index (χ1v) is 6.84. The first-order chi connectivity index (χ1) is 10.2. The molecular formula is C16H14FNO3. The Hall–Kier alpha value is -2.43. The van der Waals surface area contributed by atoms with Crippen molar-refractivity contribution in [3.05, 3.63) is 69.5 Å². The minimum atomic E-state index is -0.874. The fourth-order valence-corrected chi connectivity index (χ4v) is 2.75. The van der Waals surface area contributed by atoms with Crippen LogP contribution in [0.25, 0.3) is 0 Å². The molecule has 0 radical (unpaired) electrons. The van der Waals surface area contributed by atoms with Crippen LogP contribution in [0.4, 0.5) is 10.1 Å². The molecule has 0 spiro atoms. The van der Waals surface area contributed by atoms with Crippen LogP contribution in [0, 0.1) is 15.9 Å². The van der Waals surface area contributed by atoms with E-state index in [4.69, 9.17) is 4.74 Å². The summed E-state index contributed by atoms with van der Waals surface area (Å²) in [5.74, 6) is -0.886. The zero-order chi connectivity index (χ0) is 14.8. The fraction of sp³-hybridized carbons (Fsp3) is 0.250. The number of benzene rings is 2. The number of hydrogen-bond acceptors (Lipinski definition) is 3. The zero-order valence-corrected chi connectivity index (χ0v) is 11.3. The normalized spacial score (nSPS) is 17.1. The predicted octanol–water partition coefficient (Wildman–Crippen LogP) is 4.19. The van der Waals surface area contributed by atoms with Crippen LogP contribution in [0.1, 0.15) is 30.1 Å². The molecule has 108 valence electrons. The van der Waals surface area contributed by atoms with Gasteiger partial charge in [0.15, 0.2) is 0 Å². The molecule has 0 saturated heterocycles. The van der Waals surface area contributed by atoms with Crippen LogP contribution in [0.5, 0.6) is 5.75 Å². The van der Waals surface area contributed by atoms with E-state index in [0.29, 0.717) is 0 Å². The van der Waals surface area contributed by atoms with Crippen molar-refractivity contribution in [1.82, 2.24) is 0 Å². The van der Waals surface area contributed by atoms with Gasteiger partial charge in [-0.1, -0.05) is 30.3 Å². The first kappa shape index (κ1) is 13.5. The molecule has 5 heteroatoms. The molecule has 2 aromatic carbocycles. The van der Waals surface area contributed by atoms with E-state index in [-0.39, 0.29) is 11.9 Å². The predicted molar refractivity (Wildman–Crippen MR) is 75.8 cm³/mol. The summed E-state index contributed by atoms with van der Waals surface area (Å²) in [6.45, 7) is 0. The van der Waals surface area contributed by atoms with Crippen molar-refractivity contribution in [2.45, 2.75) is 25.4 Å². The Bertz CT molecular complexity index is 687. The largest absolute Gasteiger partial charge is 0.479 e. The van der Waals surface area contributed by atoms with Gasteiger partial charge in [0, 0.05) is 0 Å². The molecule has 2 aromatic rings. The van der Waals surface area contributed by atoms with E-state index in [1.807, 2.05) is 24.3 Å². The van der Waals surface area contributed by atoms with Gasteiger partial charge in [-0.3, -0.25) is 10.1 Å². The maximum absolute atomic E-state index is 13.6. The molecular weight excluding hydrogens is 273 g/mol. The fourth-order valence-electron chi connectivity index (χ4n) is 2.75. The molecule has 4 nitrogen and oxygen atoms in total. The second-order valence-corrected chi connectivity index (χ2v) is 5.04. The Morgan fingerprint density at radius 1 is 1.19 bits per heavy atom. The third-order valence-electron chi connectivity index (χ3n) is 3.72. The highest BCUT2D eigenvalue weighted by molar-refractivity contribution is 5.47. The number of halogens is 1. The highest BCUT2D eigenvalue weighted by atomic mass is 19.1. The van der Waals surface area contributed by atoms with Crippen molar-refractivity contribution < 1.29 is 14.1 Å². The molecule has 0 N–H and O–H groups in total. The van der Waals surface area contributed by atoms with E-state index in [1.54, 1.807) is 0 Å². The lowest BCUT2D eigenvalue weighted by molar-refractivity contribution is -0.388. The zero-order valence-electron chi connectivity index (χ0n) is 11.3. The molecule has 0 heterocycles. The van der Waals surface area contributed by atoms with Crippen molar-refractivity contribution in [1.29, 1.82) is 0 Å². The first-order valence-electron chi connectivity index (χ1n) is 6.84. The van der Waals surface area contributed by atoms with Gasteiger partial charge in [-0.15, -0.1) is 0 Å². The van der Waals surface area contributed by atoms with E-state index in [2.05, 4.69) is 0 Å². The lowest BCUT2D eigenvalue weighted by atomic mass is 9.89. The maximum atomic E-state index is 13.6. The van der Waals surface area contributed by atoms with E-state index in [9.17, 15) is 14.5 Å². The van der Waals surface area contributed by atoms with Gasteiger partial charge in [0.05, 0.1) is 4.92 Å². The van der Waals surface area contributed by atoms with Crippen LogP contribution in [0.3, 0.4) is 0 Å². The quantitative estimate of drug-likeness (QED) is 0.628. The number of fused-ring (bicyclic) bond motifs is 1. The molecule has 1 atom stereocenters. The van der Waals surface area contributed by atoms with Gasteiger partial charge in [-0.25, -0.2) is 0 Å². The standard InChI is InChI=1S/C16H14FNO3/c17-13-8-4-10-15(16(13)18(19)20)21-14-9-3-6-11-5-1-2-7-12(11)14/h1-2,4-5,7-8,10,14H,3,6,9H2. The Kier molecular flexibility index (Phi) is 3.56. The minimum Gasteiger partial charge on any atom is -0.479 e. The average Bonchev–Trinajstić information content (AvgIpc) is 2.47. The van der Waals surface area contributed by atoms with Gasteiger partial charge in [-0.05, 0) is 42.5 Å². The number of para-hydroxylation sites is 1. The second-order valence-electron chi connectivity index (χ2n) is 5.04. The lowest BCUT2D eigenvalue weighted by Crippen LogP contribution is -2.15. The van der Waals surface area contributed by atoms with E-state index in [0.717, 1.165) is 30.9 Å². The van der Waals surface area contributed by atoms with Crippen LogP contribution in [-0.2, 0) is 6.42 Å². The Morgan fingerprint density at radius 2 is 2.00 bits per heavy atom. The maximum Gasteiger partial charge on any atom is 0.346 e. The number of nitro groups is 1. The SMILES string of the molecule is O=[N+]([O-])c1c(F)cccc1OC1CCCc2ccccc21. The van der Waals surface area contributed by atoms with Gasteiger partial charge in [0.1, 0.15) is 6.10 Å². The van der Waals surface area contributed by atoms with Crippen LogP contribution in [0.15, 0.2) is 42.5 Å². The van der Waals surface area contributed by atoms with Gasteiger partial charge in [0.25, 0.3) is 0 Å². The summed E-state index contributed by atoms with van der Waals surface area (Å²) in [4.78, 5) is 10.3. The van der Waals surface area contributed by atoms with Crippen LogP contribution in [0.2, 0.25) is 0 Å². The summed E-state index contributed by atoms with van der Waals surface area (Å²) >= 11 is 0. The summed E-state index contributed by atoms with van der Waals surface area (Å²) in [6.07, 6.45) is 2.42. The Labute approximate surface area is 121 Å². The molecule has 1 unspecified atom stereocenters. The van der Waals surface area contributed by atoms with Crippen molar-refractivity contribution >= 4 is 5.69 Å². The summed E-state index contributed by atoms with van der Waals surface area (Å²) in [7, 11) is 0. The average molecular weight is 287 g/mol. The molecule has 0 saturated carbocycles. The third-order valence-corrected chi connectivity index (χ3v) is 3.72. The Morgan fingerprint density at radius 3 is 2.81 bits per heavy atom. The lowest BCUT2D eigenvalue weighted by Gasteiger charge is -2.26.